The number of nitrogens with one attached hydrogen (secondary N) is 1. The SMILES string of the molecule is COc1ccccc1NC(=O)Cn1cc(Cl)cc(Cl)c1=O. The van der Waals surface area contributed by atoms with Gasteiger partial charge in [0.25, 0.3) is 5.56 Å². The highest BCUT2D eigenvalue weighted by molar-refractivity contribution is 6.34. The maximum Gasteiger partial charge on any atom is 0.269 e. The van der Waals surface area contributed by atoms with Crippen LogP contribution in [0.2, 0.25) is 10.0 Å². The molecule has 0 fully saturated rings. The Hall–Kier alpha value is -1.98. The number of hydrogen-bond donors (Lipinski definition) is 1. The highest BCUT2D eigenvalue weighted by Gasteiger charge is 2.10. The number of para-hydroxylation sites is 2. The summed E-state index contributed by atoms with van der Waals surface area (Å²) in [5, 5.41) is 2.91. The van der Waals surface area contributed by atoms with Crippen molar-refractivity contribution in [2.75, 3.05) is 12.4 Å². The molecule has 1 N–H and O–H groups in total. The van der Waals surface area contributed by atoms with E-state index in [1.807, 2.05) is 0 Å². The lowest BCUT2D eigenvalue weighted by Crippen LogP contribution is -2.27. The van der Waals surface area contributed by atoms with Crippen LogP contribution in [0.15, 0.2) is 41.3 Å². The topological polar surface area (TPSA) is 60.3 Å². The fraction of sp³-hybridized carbons (Fsp3) is 0.143. The Balaban J connectivity index is 2.18. The molecule has 1 heterocycles. The maximum atomic E-state index is 12.0. The monoisotopic (exact) mass is 326 g/mol. The Bertz CT molecular complexity index is 728. The van der Waals surface area contributed by atoms with E-state index in [4.69, 9.17) is 27.9 Å². The molecule has 0 bridgehead atoms. The Labute approximate surface area is 131 Å². The quantitative estimate of drug-likeness (QED) is 0.939. The number of nitrogens with zero attached hydrogens (tertiary/aromatic N) is 1. The summed E-state index contributed by atoms with van der Waals surface area (Å²) >= 11 is 11.6. The van der Waals surface area contributed by atoms with Gasteiger partial charge in [-0.2, -0.15) is 0 Å². The number of carbonyl (C=O) groups is 1. The third-order valence-corrected chi connectivity index (χ3v) is 3.18. The first-order chi connectivity index (χ1) is 10.0. The lowest BCUT2D eigenvalue weighted by atomic mass is 10.3. The van der Waals surface area contributed by atoms with Crippen LogP contribution in [-0.2, 0) is 11.3 Å². The molecule has 7 heteroatoms. The van der Waals surface area contributed by atoms with Crippen molar-refractivity contribution >= 4 is 34.8 Å². The number of rotatable bonds is 4. The largest absolute Gasteiger partial charge is 0.495 e. The van der Waals surface area contributed by atoms with Gasteiger partial charge in [0.2, 0.25) is 5.91 Å². The second-order valence-electron chi connectivity index (χ2n) is 4.19. The zero-order valence-corrected chi connectivity index (χ0v) is 12.6. The molecule has 0 radical (unpaired) electrons. The minimum Gasteiger partial charge on any atom is -0.495 e. The van der Waals surface area contributed by atoms with Crippen LogP contribution in [0.1, 0.15) is 0 Å². The van der Waals surface area contributed by atoms with E-state index < -0.39 is 5.56 Å². The number of benzene rings is 1. The van der Waals surface area contributed by atoms with Crippen LogP contribution in [0.5, 0.6) is 5.75 Å². The van der Waals surface area contributed by atoms with Crippen LogP contribution < -0.4 is 15.6 Å². The predicted octanol–water partition coefficient (Wildman–Crippen LogP) is 2.80. The van der Waals surface area contributed by atoms with Gasteiger partial charge in [0.1, 0.15) is 17.3 Å². The Morgan fingerprint density at radius 1 is 1.33 bits per heavy atom. The van der Waals surface area contributed by atoms with Gasteiger partial charge in [-0.05, 0) is 18.2 Å². The van der Waals surface area contributed by atoms with Gasteiger partial charge in [-0.25, -0.2) is 0 Å². The number of anilines is 1. The molecule has 21 heavy (non-hydrogen) atoms. The van der Waals surface area contributed by atoms with Crippen molar-refractivity contribution in [2.45, 2.75) is 6.54 Å². The fourth-order valence-electron chi connectivity index (χ4n) is 1.77. The molecule has 1 amide bonds. The van der Waals surface area contributed by atoms with Gasteiger partial charge >= 0.3 is 0 Å². The van der Waals surface area contributed by atoms with Gasteiger partial charge in [-0.15, -0.1) is 0 Å². The number of halogens is 2. The molecule has 0 aliphatic rings. The van der Waals surface area contributed by atoms with Crippen LogP contribution >= 0.6 is 23.2 Å². The first kappa shape index (κ1) is 15.4. The van der Waals surface area contributed by atoms with Gasteiger partial charge in [0.15, 0.2) is 0 Å². The third kappa shape index (κ3) is 3.77. The van der Waals surface area contributed by atoms with Crippen molar-refractivity contribution in [3.63, 3.8) is 0 Å². The van der Waals surface area contributed by atoms with Gasteiger partial charge in [-0.3, -0.25) is 9.59 Å². The molecule has 0 unspecified atom stereocenters. The Morgan fingerprint density at radius 2 is 2.05 bits per heavy atom. The second-order valence-corrected chi connectivity index (χ2v) is 5.03. The van der Waals surface area contributed by atoms with E-state index in [2.05, 4.69) is 5.32 Å². The molecule has 5 nitrogen and oxygen atoms in total. The Morgan fingerprint density at radius 3 is 2.76 bits per heavy atom. The number of aromatic nitrogens is 1. The van der Waals surface area contributed by atoms with Crippen LogP contribution in [0.25, 0.3) is 0 Å². The number of amides is 1. The van der Waals surface area contributed by atoms with Crippen molar-refractivity contribution in [2.24, 2.45) is 0 Å². The zero-order chi connectivity index (χ0) is 15.4. The summed E-state index contributed by atoms with van der Waals surface area (Å²) in [6.45, 7) is -0.197. The molecule has 2 rings (SSSR count). The molecule has 0 aliphatic carbocycles. The van der Waals surface area contributed by atoms with Crippen molar-refractivity contribution in [1.82, 2.24) is 4.57 Å². The number of pyridine rings is 1. The van der Waals surface area contributed by atoms with E-state index >= 15 is 0 Å². The first-order valence-electron chi connectivity index (χ1n) is 5.99. The molecule has 0 spiro atoms. The van der Waals surface area contributed by atoms with E-state index in [0.29, 0.717) is 11.4 Å². The summed E-state index contributed by atoms with van der Waals surface area (Å²) in [6.07, 6.45) is 1.36. The lowest BCUT2D eigenvalue weighted by molar-refractivity contribution is -0.116. The van der Waals surface area contributed by atoms with Gasteiger partial charge in [0.05, 0.1) is 17.8 Å². The van der Waals surface area contributed by atoms with E-state index in [1.54, 1.807) is 24.3 Å². The maximum absolute atomic E-state index is 12.0. The molecule has 0 saturated carbocycles. The van der Waals surface area contributed by atoms with Crippen LogP contribution in [0, 0.1) is 0 Å². The van der Waals surface area contributed by atoms with Crippen molar-refractivity contribution in [3.05, 3.63) is 56.9 Å². The summed E-state index contributed by atoms with van der Waals surface area (Å²) in [4.78, 5) is 23.8. The molecule has 2 aromatic rings. The van der Waals surface area contributed by atoms with Crippen molar-refractivity contribution in [1.29, 1.82) is 0 Å². The highest BCUT2D eigenvalue weighted by Crippen LogP contribution is 2.22. The molecule has 0 saturated heterocycles. The summed E-state index contributed by atoms with van der Waals surface area (Å²) in [5.41, 5.74) is 0.0439. The molecule has 1 aromatic carbocycles. The fourth-order valence-corrected chi connectivity index (χ4v) is 2.28. The standard InChI is InChI=1S/C14H12Cl2N2O3/c1-21-12-5-3-2-4-11(12)17-13(19)8-18-7-9(15)6-10(16)14(18)20/h2-7H,8H2,1H3,(H,17,19). The summed E-state index contributed by atoms with van der Waals surface area (Å²) in [7, 11) is 1.51. The third-order valence-electron chi connectivity index (χ3n) is 2.70. The smallest absolute Gasteiger partial charge is 0.269 e. The van der Waals surface area contributed by atoms with Gasteiger partial charge in [-0.1, -0.05) is 35.3 Å². The molecular formula is C14H12Cl2N2O3. The van der Waals surface area contributed by atoms with Crippen molar-refractivity contribution < 1.29 is 9.53 Å². The average Bonchev–Trinajstić information content (AvgIpc) is 2.44. The molecular weight excluding hydrogens is 315 g/mol. The summed E-state index contributed by atoms with van der Waals surface area (Å²) < 4.78 is 6.28. The highest BCUT2D eigenvalue weighted by atomic mass is 35.5. The Kier molecular flexibility index (Phi) is 4.88. The summed E-state index contributed by atoms with van der Waals surface area (Å²) in [5.74, 6) is 0.141. The summed E-state index contributed by atoms with van der Waals surface area (Å²) in [6, 6.07) is 8.30. The van der Waals surface area contributed by atoms with Crippen LogP contribution in [0.4, 0.5) is 5.69 Å². The van der Waals surface area contributed by atoms with E-state index in [9.17, 15) is 9.59 Å². The number of ether oxygens (including phenoxy) is 1. The van der Waals surface area contributed by atoms with Crippen LogP contribution in [0.3, 0.4) is 0 Å². The molecule has 110 valence electrons. The first-order valence-corrected chi connectivity index (χ1v) is 6.75. The van der Waals surface area contributed by atoms with Gasteiger partial charge < -0.3 is 14.6 Å². The normalized spacial score (nSPS) is 10.2. The minimum atomic E-state index is -0.476. The molecule has 0 atom stereocenters. The number of methoxy groups -OCH3 is 1. The number of carbonyl (C=O) groups excluding carboxylic acids is 1. The van der Waals surface area contributed by atoms with E-state index in [-0.39, 0.29) is 22.5 Å². The lowest BCUT2D eigenvalue weighted by Gasteiger charge is -2.11. The second kappa shape index (κ2) is 6.65. The molecule has 0 aliphatic heterocycles. The van der Waals surface area contributed by atoms with Crippen molar-refractivity contribution in [3.8, 4) is 5.75 Å². The number of hydrogen-bond acceptors (Lipinski definition) is 3. The van der Waals surface area contributed by atoms with Gasteiger partial charge in [0, 0.05) is 6.20 Å². The van der Waals surface area contributed by atoms with E-state index in [1.165, 1.54) is 19.4 Å². The minimum absolute atomic E-state index is 0.0346. The molecule has 1 aromatic heterocycles. The van der Waals surface area contributed by atoms with Crippen LogP contribution in [-0.4, -0.2) is 17.6 Å². The predicted molar refractivity (Wildman–Crippen MR) is 82.3 cm³/mol. The van der Waals surface area contributed by atoms with E-state index in [0.717, 1.165) is 4.57 Å². The zero-order valence-electron chi connectivity index (χ0n) is 11.1. The average molecular weight is 327 g/mol.